The number of para-hydroxylation sites is 1. The van der Waals surface area contributed by atoms with Crippen LogP contribution in [0.2, 0.25) is 5.02 Å². The number of thiazole rings is 1. The molecule has 2 heterocycles. The van der Waals surface area contributed by atoms with Crippen molar-refractivity contribution in [3.63, 3.8) is 0 Å². The fourth-order valence-corrected chi connectivity index (χ4v) is 8.28. The van der Waals surface area contributed by atoms with E-state index in [9.17, 15) is 9.59 Å². The van der Waals surface area contributed by atoms with E-state index in [2.05, 4.69) is 43.8 Å². The summed E-state index contributed by atoms with van der Waals surface area (Å²) in [5.41, 5.74) is 3.72. The third kappa shape index (κ3) is 7.40. The quantitative estimate of drug-likeness (QED) is 0.153. The molecule has 0 bridgehead atoms. The molecule has 0 fully saturated rings. The van der Waals surface area contributed by atoms with Crippen LogP contribution >= 0.6 is 61.5 Å². The van der Waals surface area contributed by atoms with Crippen LogP contribution in [0.4, 0.5) is 5.69 Å². The van der Waals surface area contributed by atoms with Crippen molar-refractivity contribution in [3.05, 3.63) is 152 Å². The molecule has 1 amide bonds. The third-order valence-corrected chi connectivity index (χ3v) is 9.88. The van der Waals surface area contributed by atoms with Crippen LogP contribution in [0, 0.1) is 3.57 Å². The molecule has 5 aromatic rings. The smallest absolute Gasteiger partial charge is 0.271 e. The summed E-state index contributed by atoms with van der Waals surface area (Å²) in [5.74, 6) is 1.01. The molecular weight excluding hydrogens is 813 g/mol. The number of rotatable bonds is 9. The second-order valence-corrected chi connectivity index (χ2v) is 14.2. The molecule has 1 aliphatic rings. The minimum Gasteiger partial charge on any atom is -0.494 e. The van der Waals surface area contributed by atoms with Gasteiger partial charge in [0.25, 0.3) is 11.5 Å². The summed E-state index contributed by atoms with van der Waals surface area (Å²) in [6.07, 6.45) is 1.82. The van der Waals surface area contributed by atoms with Crippen LogP contribution in [0.15, 0.2) is 117 Å². The molecule has 0 spiro atoms. The summed E-state index contributed by atoms with van der Waals surface area (Å²) in [4.78, 5) is 33.5. The molecule has 1 atom stereocenters. The van der Waals surface area contributed by atoms with E-state index >= 15 is 0 Å². The average molecular weight is 841 g/mol. The predicted octanol–water partition coefficient (Wildman–Crippen LogP) is 7.87. The summed E-state index contributed by atoms with van der Waals surface area (Å²) in [6.45, 7) is 4.55. The Hall–Kier alpha value is -3.71. The van der Waals surface area contributed by atoms with Crippen LogP contribution in [-0.2, 0) is 11.4 Å². The lowest BCUT2D eigenvalue weighted by molar-refractivity contribution is -0.113. The van der Waals surface area contributed by atoms with Gasteiger partial charge in [-0.25, -0.2) is 4.99 Å². The number of benzene rings is 4. The van der Waals surface area contributed by atoms with Crippen molar-refractivity contribution in [1.82, 2.24) is 4.57 Å². The summed E-state index contributed by atoms with van der Waals surface area (Å²) in [5, 5.41) is 3.62. The molecule has 0 saturated carbocycles. The maximum atomic E-state index is 14.3. The van der Waals surface area contributed by atoms with Gasteiger partial charge in [-0.1, -0.05) is 81.3 Å². The van der Waals surface area contributed by atoms with Crippen molar-refractivity contribution in [3.8, 4) is 11.5 Å². The molecular formula is C36H28BrClIN3O4S. The molecule has 47 heavy (non-hydrogen) atoms. The molecule has 7 nitrogen and oxygen atoms in total. The van der Waals surface area contributed by atoms with Crippen molar-refractivity contribution >= 4 is 79.1 Å². The number of allylic oxidation sites excluding steroid dienone is 1. The lowest BCUT2D eigenvalue weighted by atomic mass is 9.95. The Kier molecular flexibility index (Phi) is 10.3. The number of carbonyl (C=O) groups excluding carboxylic acids is 1. The Morgan fingerprint density at radius 2 is 1.83 bits per heavy atom. The Morgan fingerprint density at radius 3 is 2.55 bits per heavy atom. The van der Waals surface area contributed by atoms with Gasteiger partial charge in [0.1, 0.15) is 18.1 Å². The standard InChI is InChI=1S/C36H28BrClIN3O4S/c1-3-45-28-14-12-23(13-15-28)32-31(34(43)41-27-10-5-4-6-11-27)21(2)40-36-42(32)35(44)30(47-36)18-24-17-25(37)19-29(39)33(24)46-20-22-8-7-9-26(38)16-22/h4-19,32H,3,20H2,1-2H3,(H,41,43)/b30-18-/t32-/m1/s1. The van der Waals surface area contributed by atoms with Crippen LogP contribution in [0.25, 0.3) is 6.08 Å². The number of amides is 1. The molecule has 238 valence electrons. The maximum Gasteiger partial charge on any atom is 0.271 e. The molecule has 1 aromatic heterocycles. The molecule has 0 unspecified atom stereocenters. The van der Waals surface area contributed by atoms with Gasteiger partial charge in [-0.2, -0.15) is 0 Å². The van der Waals surface area contributed by atoms with E-state index in [4.69, 9.17) is 26.1 Å². The molecule has 0 radical (unpaired) electrons. The van der Waals surface area contributed by atoms with Gasteiger partial charge < -0.3 is 14.8 Å². The highest BCUT2D eigenvalue weighted by molar-refractivity contribution is 14.1. The first kappa shape index (κ1) is 33.2. The normalized spacial score (nSPS) is 14.4. The second-order valence-electron chi connectivity index (χ2n) is 10.6. The number of aromatic nitrogens is 1. The van der Waals surface area contributed by atoms with Crippen LogP contribution in [0.3, 0.4) is 0 Å². The van der Waals surface area contributed by atoms with E-state index in [1.165, 1.54) is 11.3 Å². The predicted molar refractivity (Wildman–Crippen MR) is 199 cm³/mol. The first-order valence-corrected chi connectivity index (χ1v) is 17.8. The number of nitrogens with one attached hydrogen (secondary N) is 1. The zero-order valence-electron chi connectivity index (χ0n) is 25.3. The highest BCUT2D eigenvalue weighted by Crippen LogP contribution is 2.33. The Morgan fingerprint density at radius 1 is 1.06 bits per heavy atom. The number of hydrogen-bond acceptors (Lipinski definition) is 6. The van der Waals surface area contributed by atoms with Gasteiger partial charge >= 0.3 is 0 Å². The molecule has 6 rings (SSSR count). The number of carbonyl (C=O) groups is 1. The van der Waals surface area contributed by atoms with E-state index in [1.807, 2.05) is 104 Å². The maximum absolute atomic E-state index is 14.3. The molecule has 11 heteroatoms. The summed E-state index contributed by atoms with van der Waals surface area (Å²) < 4.78 is 15.8. The lowest BCUT2D eigenvalue weighted by Crippen LogP contribution is -2.40. The third-order valence-electron chi connectivity index (χ3n) is 7.40. The van der Waals surface area contributed by atoms with Crippen molar-refractivity contribution in [2.75, 3.05) is 11.9 Å². The zero-order valence-corrected chi connectivity index (χ0v) is 30.6. The van der Waals surface area contributed by atoms with E-state index in [-0.39, 0.29) is 11.5 Å². The van der Waals surface area contributed by atoms with Gasteiger partial charge in [0, 0.05) is 20.7 Å². The zero-order chi connectivity index (χ0) is 33.1. The van der Waals surface area contributed by atoms with Gasteiger partial charge in [0.2, 0.25) is 0 Å². The van der Waals surface area contributed by atoms with E-state index in [0.717, 1.165) is 24.7 Å². The lowest BCUT2D eigenvalue weighted by Gasteiger charge is -2.25. The molecule has 0 saturated heterocycles. The Bertz CT molecular complexity index is 2180. The minimum absolute atomic E-state index is 0.263. The molecule has 4 aromatic carbocycles. The summed E-state index contributed by atoms with van der Waals surface area (Å²) in [7, 11) is 0. The number of hydrogen-bond donors (Lipinski definition) is 1. The molecule has 1 N–H and O–H groups in total. The topological polar surface area (TPSA) is 81.9 Å². The minimum atomic E-state index is -0.714. The highest BCUT2D eigenvalue weighted by Gasteiger charge is 2.32. The number of ether oxygens (including phenoxy) is 2. The summed E-state index contributed by atoms with van der Waals surface area (Å²) in [6, 6.07) is 27.4. The van der Waals surface area contributed by atoms with Gasteiger partial charge in [-0.3, -0.25) is 14.2 Å². The van der Waals surface area contributed by atoms with Crippen LogP contribution in [-0.4, -0.2) is 17.1 Å². The largest absolute Gasteiger partial charge is 0.494 e. The second kappa shape index (κ2) is 14.6. The van der Waals surface area contributed by atoms with Crippen LogP contribution in [0.1, 0.15) is 36.6 Å². The SMILES string of the molecule is CCOc1ccc([C@@H]2C(C(=O)Nc3ccccc3)=C(C)N=c3s/c(=C\c4cc(Br)cc(I)c4OCc4cccc(Cl)c4)c(=O)n32)cc1. The Labute approximate surface area is 302 Å². The number of anilines is 1. The highest BCUT2D eigenvalue weighted by atomic mass is 127. The monoisotopic (exact) mass is 839 g/mol. The Balaban J connectivity index is 1.46. The number of fused-ring (bicyclic) bond motifs is 1. The first-order valence-electron chi connectivity index (χ1n) is 14.7. The van der Waals surface area contributed by atoms with Crippen molar-refractivity contribution < 1.29 is 14.3 Å². The molecule has 1 aliphatic heterocycles. The summed E-state index contributed by atoms with van der Waals surface area (Å²) >= 11 is 13.3. The average Bonchev–Trinajstić information content (AvgIpc) is 3.34. The van der Waals surface area contributed by atoms with Crippen molar-refractivity contribution in [2.45, 2.75) is 26.5 Å². The van der Waals surface area contributed by atoms with Gasteiger partial charge in [-0.15, -0.1) is 0 Å². The van der Waals surface area contributed by atoms with Crippen LogP contribution < -0.4 is 29.7 Å². The van der Waals surface area contributed by atoms with E-state index < -0.39 is 6.04 Å². The van der Waals surface area contributed by atoms with E-state index in [0.29, 0.717) is 56.0 Å². The molecule has 0 aliphatic carbocycles. The number of nitrogens with zero attached hydrogens (tertiary/aromatic N) is 2. The fraction of sp³-hybridized carbons (Fsp3) is 0.139. The van der Waals surface area contributed by atoms with Gasteiger partial charge in [0.15, 0.2) is 4.80 Å². The van der Waals surface area contributed by atoms with Crippen molar-refractivity contribution in [1.29, 1.82) is 0 Å². The van der Waals surface area contributed by atoms with Gasteiger partial charge in [0.05, 0.1) is 32.0 Å². The van der Waals surface area contributed by atoms with E-state index in [1.54, 1.807) is 11.5 Å². The first-order chi connectivity index (χ1) is 22.7. The van der Waals surface area contributed by atoms with Crippen LogP contribution in [0.5, 0.6) is 11.5 Å². The fourth-order valence-electron chi connectivity index (χ4n) is 5.32. The number of halogens is 3. The van der Waals surface area contributed by atoms with Gasteiger partial charge in [-0.05, 0) is 102 Å². The van der Waals surface area contributed by atoms with Crippen molar-refractivity contribution in [2.24, 2.45) is 4.99 Å².